The van der Waals surface area contributed by atoms with Gasteiger partial charge in [0.2, 0.25) is 5.82 Å². The van der Waals surface area contributed by atoms with Crippen molar-refractivity contribution in [2.24, 2.45) is 0 Å². The van der Waals surface area contributed by atoms with Crippen LogP contribution in [-0.2, 0) is 4.74 Å². The van der Waals surface area contributed by atoms with E-state index in [4.69, 9.17) is 4.74 Å². The molecule has 0 aromatic heterocycles. The monoisotopic (exact) mass is 286 g/mol. The molecule has 1 fully saturated rings. The minimum absolute atomic E-state index is 0.239. The molecule has 0 atom stereocenters. The van der Waals surface area contributed by atoms with Gasteiger partial charge in [0.05, 0.1) is 23.2 Å². The number of halogens is 2. The average molecular weight is 286 g/mol. The SMILES string of the molecule is O=C(c1cc(F)cc([N+](=O)[O-])c1F)N1CCCOCC1. The highest BCUT2D eigenvalue weighted by atomic mass is 19.1. The lowest BCUT2D eigenvalue weighted by Gasteiger charge is -2.19. The lowest BCUT2D eigenvalue weighted by Crippen LogP contribution is -2.34. The molecule has 2 rings (SSSR count). The predicted molar refractivity (Wildman–Crippen MR) is 64.4 cm³/mol. The Hall–Kier alpha value is -2.09. The number of nitro benzene ring substituents is 1. The molecule has 1 aliphatic rings. The van der Waals surface area contributed by atoms with Gasteiger partial charge in [-0.1, -0.05) is 0 Å². The summed E-state index contributed by atoms with van der Waals surface area (Å²) in [7, 11) is 0. The molecule has 0 saturated carbocycles. The zero-order valence-corrected chi connectivity index (χ0v) is 10.5. The van der Waals surface area contributed by atoms with Crippen LogP contribution in [0.4, 0.5) is 14.5 Å². The fourth-order valence-electron chi connectivity index (χ4n) is 1.98. The number of hydrogen-bond donors (Lipinski definition) is 0. The molecule has 0 aliphatic carbocycles. The number of hydrogen-bond acceptors (Lipinski definition) is 4. The molecule has 0 N–H and O–H groups in total. The van der Waals surface area contributed by atoms with E-state index in [1.807, 2.05) is 0 Å². The minimum atomic E-state index is -1.31. The Morgan fingerprint density at radius 1 is 1.30 bits per heavy atom. The van der Waals surface area contributed by atoms with Crippen LogP contribution in [0.15, 0.2) is 12.1 Å². The number of carbonyl (C=O) groups is 1. The number of ether oxygens (including phenoxy) is 1. The van der Waals surface area contributed by atoms with E-state index in [1.165, 1.54) is 4.90 Å². The molecule has 1 aromatic rings. The van der Waals surface area contributed by atoms with E-state index in [2.05, 4.69) is 0 Å². The van der Waals surface area contributed by atoms with Gasteiger partial charge in [-0.05, 0) is 12.5 Å². The van der Waals surface area contributed by atoms with Gasteiger partial charge in [0, 0.05) is 19.7 Å². The molecule has 0 bridgehead atoms. The van der Waals surface area contributed by atoms with Crippen LogP contribution in [0.3, 0.4) is 0 Å². The van der Waals surface area contributed by atoms with Crippen LogP contribution in [0.25, 0.3) is 0 Å². The number of carbonyl (C=O) groups excluding carboxylic acids is 1. The summed E-state index contributed by atoms with van der Waals surface area (Å²) >= 11 is 0. The molecule has 8 heteroatoms. The van der Waals surface area contributed by atoms with Crippen molar-refractivity contribution in [1.82, 2.24) is 4.90 Å². The normalized spacial score (nSPS) is 15.8. The van der Waals surface area contributed by atoms with Crippen molar-refractivity contribution in [3.8, 4) is 0 Å². The largest absolute Gasteiger partial charge is 0.380 e. The van der Waals surface area contributed by atoms with Crippen molar-refractivity contribution in [3.05, 3.63) is 39.4 Å². The van der Waals surface area contributed by atoms with Crippen LogP contribution in [0.1, 0.15) is 16.8 Å². The van der Waals surface area contributed by atoms with Crippen LogP contribution >= 0.6 is 0 Å². The lowest BCUT2D eigenvalue weighted by molar-refractivity contribution is -0.387. The molecule has 1 aromatic carbocycles. The van der Waals surface area contributed by atoms with Gasteiger partial charge < -0.3 is 9.64 Å². The van der Waals surface area contributed by atoms with Crippen LogP contribution < -0.4 is 0 Å². The molecule has 1 aliphatic heterocycles. The Labute approximate surface area is 113 Å². The second-order valence-corrected chi connectivity index (χ2v) is 4.30. The molecule has 20 heavy (non-hydrogen) atoms. The van der Waals surface area contributed by atoms with E-state index in [9.17, 15) is 23.7 Å². The van der Waals surface area contributed by atoms with Crippen molar-refractivity contribution in [1.29, 1.82) is 0 Å². The van der Waals surface area contributed by atoms with E-state index in [0.717, 1.165) is 0 Å². The maximum atomic E-state index is 13.9. The molecular weight excluding hydrogens is 274 g/mol. The van der Waals surface area contributed by atoms with Crippen LogP contribution in [0.5, 0.6) is 0 Å². The van der Waals surface area contributed by atoms with Gasteiger partial charge in [-0.2, -0.15) is 4.39 Å². The fourth-order valence-corrected chi connectivity index (χ4v) is 1.98. The number of nitrogens with zero attached hydrogens (tertiary/aromatic N) is 2. The molecule has 1 saturated heterocycles. The Morgan fingerprint density at radius 2 is 2.05 bits per heavy atom. The molecule has 0 radical (unpaired) electrons. The van der Waals surface area contributed by atoms with Crippen molar-refractivity contribution in [3.63, 3.8) is 0 Å². The summed E-state index contributed by atoms with van der Waals surface area (Å²) in [5.41, 5.74) is -1.67. The molecular formula is C12H12F2N2O4. The molecule has 1 amide bonds. The summed E-state index contributed by atoms with van der Waals surface area (Å²) in [6.07, 6.45) is 0.574. The Bertz CT molecular complexity index is 543. The maximum absolute atomic E-state index is 13.9. The third-order valence-corrected chi connectivity index (χ3v) is 2.95. The Balaban J connectivity index is 2.36. The van der Waals surface area contributed by atoms with Crippen LogP contribution in [-0.4, -0.2) is 42.0 Å². The minimum Gasteiger partial charge on any atom is -0.380 e. The number of nitro groups is 1. The van der Waals surface area contributed by atoms with Crippen LogP contribution in [0, 0.1) is 21.7 Å². The van der Waals surface area contributed by atoms with E-state index >= 15 is 0 Å². The smallest absolute Gasteiger partial charge is 0.308 e. The molecule has 0 spiro atoms. The maximum Gasteiger partial charge on any atom is 0.308 e. The highest BCUT2D eigenvalue weighted by molar-refractivity contribution is 5.95. The quantitative estimate of drug-likeness (QED) is 0.613. The molecule has 0 unspecified atom stereocenters. The fraction of sp³-hybridized carbons (Fsp3) is 0.417. The first-order chi connectivity index (χ1) is 9.50. The summed E-state index contributed by atoms with van der Waals surface area (Å²) in [6, 6.07) is 1.13. The van der Waals surface area contributed by atoms with Gasteiger partial charge >= 0.3 is 5.69 Å². The van der Waals surface area contributed by atoms with E-state index < -0.39 is 33.7 Å². The van der Waals surface area contributed by atoms with Gasteiger partial charge in [0.15, 0.2) is 0 Å². The molecule has 1 heterocycles. The number of rotatable bonds is 2. The summed E-state index contributed by atoms with van der Waals surface area (Å²) < 4.78 is 32.4. The van der Waals surface area contributed by atoms with Gasteiger partial charge in [0.1, 0.15) is 5.82 Å². The van der Waals surface area contributed by atoms with Crippen LogP contribution in [0.2, 0.25) is 0 Å². The van der Waals surface area contributed by atoms with E-state index in [1.54, 1.807) is 0 Å². The van der Waals surface area contributed by atoms with Gasteiger partial charge in [0.25, 0.3) is 5.91 Å². The van der Waals surface area contributed by atoms with Gasteiger partial charge in [-0.3, -0.25) is 14.9 Å². The first-order valence-corrected chi connectivity index (χ1v) is 6.01. The Morgan fingerprint density at radius 3 is 2.75 bits per heavy atom. The summed E-state index contributed by atoms with van der Waals surface area (Å²) in [5, 5.41) is 10.6. The van der Waals surface area contributed by atoms with Crippen molar-refractivity contribution >= 4 is 11.6 Å². The first-order valence-electron chi connectivity index (χ1n) is 6.01. The predicted octanol–water partition coefficient (Wildman–Crippen LogP) is 1.74. The summed E-state index contributed by atoms with van der Waals surface area (Å²) in [6.45, 7) is 1.35. The number of amides is 1. The van der Waals surface area contributed by atoms with E-state index in [-0.39, 0.29) is 6.54 Å². The molecule has 6 nitrogen and oxygen atoms in total. The standard InChI is InChI=1S/C12H12F2N2O4/c13-8-6-9(11(14)10(7-8)16(18)19)12(17)15-2-1-4-20-5-3-15/h6-7H,1-5H2. The lowest BCUT2D eigenvalue weighted by atomic mass is 10.1. The second-order valence-electron chi connectivity index (χ2n) is 4.30. The zero-order valence-electron chi connectivity index (χ0n) is 10.5. The zero-order chi connectivity index (χ0) is 14.7. The van der Waals surface area contributed by atoms with Gasteiger partial charge in [-0.25, -0.2) is 4.39 Å². The van der Waals surface area contributed by atoms with Crippen molar-refractivity contribution in [2.45, 2.75) is 6.42 Å². The summed E-state index contributed by atoms with van der Waals surface area (Å²) in [4.78, 5) is 23.0. The van der Waals surface area contributed by atoms with Crippen molar-refractivity contribution in [2.75, 3.05) is 26.3 Å². The Kier molecular flexibility index (Phi) is 4.23. The average Bonchev–Trinajstić information content (AvgIpc) is 2.68. The topological polar surface area (TPSA) is 72.7 Å². The highest BCUT2D eigenvalue weighted by Crippen LogP contribution is 2.23. The first kappa shape index (κ1) is 14.3. The number of benzene rings is 1. The highest BCUT2D eigenvalue weighted by Gasteiger charge is 2.27. The van der Waals surface area contributed by atoms with Gasteiger partial charge in [-0.15, -0.1) is 0 Å². The third kappa shape index (κ3) is 2.90. The van der Waals surface area contributed by atoms with Crippen molar-refractivity contribution < 1.29 is 23.2 Å². The third-order valence-electron chi connectivity index (χ3n) is 2.95. The second kappa shape index (κ2) is 5.91. The summed E-state index contributed by atoms with van der Waals surface area (Å²) in [5.74, 6) is -3.10. The molecule has 108 valence electrons. The van der Waals surface area contributed by atoms with E-state index in [0.29, 0.717) is 38.3 Å².